The first kappa shape index (κ1) is 20.3. The van der Waals surface area contributed by atoms with E-state index >= 15 is 0 Å². The number of nitriles is 1. The highest BCUT2D eigenvalue weighted by Crippen LogP contribution is 2.37. The zero-order valence-electron chi connectivity index (χ0n) is 15.0. The second kappa shape index (κ2) is 9.60. The molecule has 0 amide bonds. The number of carbonyl (C=O) groups excluding carboxylic acids is 1. The maximum Gasteiger partial charge on any atom is 0.203 e. The van der Waals surface area contributed by atoms with E-state index in [1.807, 2.05) is 6.07 Å². The van der Waals surface area contributed by atoms with Gasteiger partial charge in [-0.1, -0.05) is 12.7 Å². The van der Waals surface area contributed by atoms with Gasteiger partial charge in [0.1, 0.15) is 24.0 Å². The lowest BCUT2D eigenvalue weighted by Gasteiger charge is -2.12. The molecule has 0 heterocycles. The molecule has 2 aromatic rings. The van der Waals surface area contributed by atoms with Crippen LogP contribution < -0.4 is 14.2 Å². The van der Waals surface area contributed by atoms with Crippen LogP contribution in [0.1, 0.15) is 15.9 Å². The first-order valence-electron chi connectivity index (χ1n) is 7.95. The van der Waals surface area contributed by atoms with Gasteiger partial charge in [-0.3, -0.25) is 4.79 Å². The number of Topliss-reactive ketones (excluding diaryl/α,β-unsaturated/α-hetero) is 1. The fourth-order valence-corrected chi connectivity index (χ4v) is 2.89. The van der Waals surface area contributed by atoms with E-state index in [1.54, 1.807) is 49.6 Å². The smallest absolute Gasteiger partial charge is 0.203 e. The van der Waals surface area contributed by atoms with Crippen LogP contribution in [0, 0.1) is 11.3 Å². The topological polar surface area (TPSA) is 68.5 Å². The molecule has 2 rings (SSSR count). The van der Waals surface area contributed by atoms with Gasteiger partial charge in [0.25, 0.3) is 0 Å². The first-order chi connectivity index (χ1) is 13.0. The average molecular weight is 428 g/mol. The maximum atomic E-state index is 12.6. The van der Waals surface area contributed by atoms with Gasteiger partial charge in [0.05, 0.1) is 18.7 Å². The van der Waals surface area contributed by atoms with Crippen molar-refractivity contribution < 1.29 is 19.0 Å². The molecule has 0 saturated carbocycles. The summed E-state index contributed by atoms with van der Waals surface area (Å²) < 4.78 is 16.7. The highest BCUT2D eigenvalue weighted by molar-refractivity contribution is 9.10. The SMILES string of the molecule is C=CCOc1c(Br)cc(/C=C(\C#N)C(=O)c2ccc(OC)cc2)cc1OC. The Labute approximate surface area is 166 Å². The normalized spacial score (nSPS) is 10.7. The van der Waals surface area contributed by atoms with Crippen LogP contribution in [0.3, 0.4) is 0 Å². The number of hydrogen-bond donors (Lipinski definition) is 0. The van der Waals surface area contributed by atoms with Gasteiger partial charge in [0.15, 0.2) is 11.5 Å². The van der Waals surface area contributed by atoms with Crippen molar-refractivity contribution in [3.8, 4) is 23.3 Å². The van der Waals surface area contributed by atoms with Gasteiger partial charge in [0, 0.05) is 5.56 Å². The summed E-state index contributed by atoms with van der Waals surface area (Å²) in [5.74, 6) is 1.27. The molecular weight excluding hydrogens is 410 g/mol. The number of benzene rings is 2. The van der Waals surface area contributed by atoms with Crippen LogP contribution in [0.4, 0.5) is 0 Å². The lowest BCUT2D eigenvalue weighted by molar-refractivity contribution is 0.104. The monoisotopic (exact) mass is 427 g/mol. The average Bonchev–Trinajstić information content (AvgIpc) is 2.70. The van der Waals surface area contributed by atoms with Crippen LogP contribution in [-0.4, -0.2) is 26.6 Å². The van der Waals surface area contributed by atoms with Crippen molar-refractivity contribution in [1.82, 2.24) is 0 Å². The first-order valence-corrected chi connectivity index (χ1v) is 8.75. The zero-order valence-corrected chi connectivity index (χ0v) is 16.6. The lowest BCUT2D eigenvalue weighted by atomic mass is 10.0. The van der Waals surface area contributed by atoms with E-state index < -0.39 is 0 Å². The summed E-state index contributed by atoms with van der Waals surface area (Å²) in [4.78, 5) is 12.6. The highest BCUT2D eigenvalue weighted by Gasteiger charge is 2.15. The van der Waals surface area contributed by atoms with Crippen molar-refractivity contribution in [1.29, 1.82) is 5.26 Å². The minimum atomic E-state index is -0.373. The van der Waals surface area contributed by atoms with Gasteiger partial charge in [0.2, 0.25) is 5.78 Å². The van der Waals surface area contributed by atoms with E-state index in [9.17, 15) is 10.1 Å². The van der Waals surface area contributed by atoms with Crippen molar-refractivity contribution in [3.05, 3.63) is 70.2 Å². The zero-order chi connectivity index (χ0) is 19.8. The summed E-state index contributed by atoms with van der Waals surface area (Å²) in [5.41, 5.74) is 1.04. The van der Waals surface area contributed by atoms with Crippen molar-refractivity contribution >= 4 is 27.8 Å². The van der Waals surface area contributed by atoms with Gasteiger partial charge in [-0.2, -0.15) is 5.26 Å². The van der Waals surface area contributed by atoms with E-state index in [4.69, 9.17) is 14.2 Å². The molecule has 0 N–H and O–H groups in total. The summed E-state index contributed by atoms with van der Waals surface area (Å²) >= 11 is 3.43. The molecule has 0 aliphatic rings. The minimum Gasteiger partial charge on any atom is -0.497 e. The molecule has 5 nitrogen and oxygen atoms in total. The Bertz CT molecular complexity index is 911. The molecule has 6 heteroatoms. The largest absolute Gasteiger partial charge is 0.497 e. The Balaban J connectivity index is 2.38. The molecule has 0 fully saturated rings. The number of allylic oxidation sites excluding steroid dienone is 1. The van der Waals surface area contributed by atoms with E-state index in [0.717, 1.165) is 0 Å². The minimum absolute atomic E-state index is 0.00822. The van der Waals surface area contributed by atoms with Crippen LogP contribution in [0.2, 0.25) is 0 Å². The van der Waals surface area contributed by atoms with Crippen molar-refractivity contribution in [2.24, 2.45) is 0 Å². The maximum absolute atomic E-state index is 12.6. The van der Waals surface area contributed by atoms with Gasteiger partial charge in [-0.15, -0.1) is 0 Å². The molecule has 0 bridgehead atoms. The number of methoxy groups -OCH3 is 2. The molecule has 0 aliphatic heterocycles. The van der Waals surface area contributed by atoms with Crippen LogP contribution in [0.5, 0.6) is 17.2 Å². The van der Waals surface area contributed by atoms with Crippen molar-refractivity contribution in [3.63, 3.8) is 0 Å². The lowest BCUT2D eigenvalue weighted by Crippen LogP contribution is -2.02. The third kappa shape index (κ3) is 4.99. The molecule has 0 aromatic heterocycles. The van der Waals surface area contributed by atoms with E-state index in [2.05, 4.69) is 22.5 Å². The summed E-state index contributed by atoms with van der Waals surface area (Å²) in [6, 6.07) is 12.0. The van der Waals surface area contributed by atoms with Crippen LogP contribution in [-0.2, 0) is 0 Å². The molecule has 0 spiro atoms. The van der Waals surface area contributed by atoms with Gasteiger partial charge >= 0.3 is 0 Å². The van der Waals surface area contributed by atoms with Crippen LogP contribution >= 0.6 is 15.9 Å². The number of hydrogen-bond acceptors (Lipinski definition) is 5. The van der Waals surface area contributed by atoms with Crippen LogP contribution in [0.25, 0.3) is 6.08 Å². The van der Waals surface area contributed by atoms with E-state index in [1.165, 1.54) is 13.2 Å². The fraction of sp³-hybridized carbons (Fsp3) is 0.143. The van der Waals surface area contributed by atoms with E-state index in [-0.39, 0.29) is 11.4 Å². The van der Waals surface area contributed by atoms with Gasteiger partial charge < -0.3 is 14.2 Å². The molecular formula is C21H18BrNO4. The third-order valence-electron chi connectivity index (χ3n) is 3.63. The van der Waals surface area contributed by atoms with Gasteiger partial charge in [-0.25, -0.2) is 0 Å². The predicted octanol–water partition coefficient (Wildman–Crippen LogP) is 4.82. The molecule has 2 aromatic carbocycles. The van der Waals surface area contributed by atoms with E-state index in [0.29, 0.717) is 39.5 Å². The number of ether oxygens (including phenoxy) is 3. The van der Waals surface area contributed by atoms with Crippen molar-refractivity contribution in [2.45, 2.75) is 0 Å². The molecule has 0 aliphatic carbocycles. The second-order valence-electron chi connectivity index (χ2n) is 5.36. The molecule has 0 saturated heterocycles. The summed E-state index contributed by atoms with van der Waals surface area (Å²) in [6.45, 7) is 3.94. The Morgan fingerprint density at radius 1 is 1.22 bits per heavy atom. The Hall–Kier alpha value is -3.04. The Morgan fingerprint density at radius 3 is 2.48 bits per heavy atom. The third-order valence-corrected chi connectivity index (χ3v) is 4.21. The number of nitrogens with zero attached hydrogens (tertiary/aromatic N) is 1. The van der Waals surface area contributed by atoms with Crippen LogP contribution in [0.15, 0.2) is 59.1 Å². The molecule has 0 radical (unpaired) electrons. The number of ketones is 1. The highest BCUT2D eigenvalue weighted by atomic mass is 79.9. The quantitative estimate of drug-likeness (QED) is 0.261. The second-order valence-corrected chi connectivity index (χ2v) is 6.22. The standard InChI is InChI=1S/C21H18BrNO4/c1-4-9-27-21-18(22)11-14(12-19(21)26-3)10-16(13-23)20(24)15-5-7-17(25-2)8-6-15/h4-8,10-12H,1,9H2,2-3H3/b16-10+. The summed E-state index contributed by atoms with van der Waals surface area (Å²) in [7, 11) is 3.06. The molecule has 0 atom stereocenters. The molecule has 27 heavy (non-hydrogen) atoms. The van der Waals surface area contributed by atoms with Gasteiger partial charge in [-0.05, 0) is 64.0 Å². The number of rotatable bonds is 8. The summed E-state index contributed by atoms with van der Waals surface area (Å²) in [5, 5.41) is 9.44. The predicted molar refractivity (Wildman–Crippen MR) is 107 cm³/mol. The number of carbonyl (C=O) groups is 1. The number of halogens is 1. The molecule has 0 unspecified atom stereocenters. The molecule has 138 valence electrons. The van der Waals surface area contributed by atoms with Crippen molar-refractivity contribution in [2.75, 3.05) is 20.8 Å². The fourth-order valence-electron chi connectivity index (χ4n) is 2.32. The summed E-state index contributed by atoms with van der Waals surface area (Å²) in [6.07, 6.45) is 3.14. The Morgan fingerprint density at radius 2 is 1.93 bits per heavy atom. The Kier molecular flexibility index (Phi) is 7.21.